The molecule has 0 spiro atoms. The lowest BCUT2D eigenvalue weighted by atomic mass is 10.2. The molecule has 1 N–H and O–H groups in total. The van der Waals surface area contributed by atoms with Crippen molar-refractivity contribution in [1.29, 1.82) is 0 Å². The van der Waals surface area contributed by atoms with E-state index in [-0.39, 0.29) is 0 Å². The van der Waals surface area contributed by atoms with Gasteiger partial charge in [-0.2, -0.15) is 0 Å². The molecule has 0 radical (unpaired) electrons. The van der Waals surface area contributed by atoms with Crippen LogP contribution in [0.5, 0.6) is 0 Å². The molecule has 0 fully saturated rings. The van der Waals surface area contributed by atoms with Crippen LogP contribution in [0.2, 0.25) is 0 Å². The van der Waals surface area contributed by atoms with E-state index in [1.54, 1.807) is 0 Å². The van der Waals surface area contributed by atoms with Crippen LogP contribution in [0.1, 0.15) is 12.0 Å². The zero-order chi connectivity index (χ0) is 15.2. The Labute approximate surface area is 129 Å². The first-order valence-corrected chi connectivity index (χ1v) is 7.39. The lowest BCUT2D eigenvalue weighted by Gasteiger charge is -1.99. The summed E-state index contributed by atoms with van der Waals surface area (Å²) in [4.78, 5) is 0. The van der Waals surface area contributed by atoms with Crippen molar-refractivity contribution in [3.8, 4) is 0 Å². The van der Waals surface area contributed by atoms with Gasteiger partial charge < -0.3 is 5.21 Å². The first-order chi connectivity index (χ1) is 10.8. The number of pyridine rings is 2. The van der Waals surface area contributed by atoms with E-state index in [0.29, 0.717) is 0 Å². The number of hydrogen-bond acceptors (Lipinski definition) is 2. The minimum absolute atomic E-state index is 0.891. The van der Waals surface area contributed by atoms with E-state index in [0.717, 1.165) is 25.1 Å². The molecule has 1 aromatic carbocycles. The Morgan fingerprint density at radius 2 is 1.55 bits per heavy atom. The van der Waals surface area contributed by atoms with Gasteiger partial charge >= 0.3 is 0 Å². The maximum atomic E-state index is 8.49. The van der Waals surface area contributed by atoms with E-state index in [1.165, 1.54) is 17.0 Å². The lowest BCUT2D eigenvalue weighted by molar-refractivity contribution is -0.726. The van der Waals surface area contributed by atoms with Crippen LogP contribution in [0.25, 0.3) is 10.8 Å². The van der Waals surface area contributed by atoms with Gasteiger partial charge in [0, 0.05) is 29.1 Å². The SMILES string of the molecule is O/N=C/c1cc[n+](CCC[n+]2ccc3ccccc3c2)cc1. The molecule has 3 rings (SSSR count). The number of nitrogens with zero attached hydrogens (tertiary/aromatic N) is 3. The fraction of sp³-hybridized carbons (Fsp3) is 0.167. The van der Waals surface area contributed by atoms with Gasteiger partial charge in [0.2, 0.25) is 0 Å². The molecular weight excluding hydrogens is 274 g/mol. The molecule has 0 aliphatic carbocycles. The highest BCUT2D eigenvalue weighted by Gasteiger charge is 2.06. The molecule has 0 saturated carbocycles. The minimum Gasteiger partial charge on any atom is -0.411 e. The summed E-state index contributed by atoms with van der Waals surface area (Å²) >= 11 is 0. The topological polar surface area (TPSA) is 40.4 Å². The highest BCUT2D eigenvalue weighted by atomic mass is 16.4. The van der Waals surface area contributed by atoms with Gasteiger partial charge in [-0.25, -0.2) is 9.13 Å². The van der Waals surface area contributed by atoms with Crippen LogP contribution >= 0.6 is 0 Å². The number of oxime groups is 1. The summed E-state index contributed by atoms with van der Waals surface area (Å²) in [5.74, 6) is 0. The largest absolute Gasteiger partial charge is 0.411 e. The quantitative estimate of drug-likeness (QED) is 0.333. The van der Waals surface area contributed by atoms with E-state index < -0.39 is 0 Å². The Bertz CT molecular complexity index is 782. The maximum Gasteiger partial charge on any atom is 0.176 e. The van der Waals surface area contributed by atoms with Gasteiger partial charge in [0.1, 0.15) is 0 Å². The predicted molar refractivity (Wildman–Crippen MR) is 84.8 cm³/mol. The fourth-order valence-electron chi connectivity index (χ4n) is 2.52. The van der Waals surface area contributed by atoms with Crippen molar-refractivity contribution in [3.05, 3.63) is 72.8 Å². The van der Waals surface area contributed by atoms with E-state index in [4.69, 9.17) is 5.21 Å². The summed E-state index contributed by atoms with van der Waals surface area (Å²) in [6.07, 6.45) is 10.8. The summed E-state index contributed by atoms with van der Waals surface area (Å²) in [6, 6.07) is 14.4. The second-order valence-electron chi connectivity index (χ2n) is 5.28. The molecule has 4 heteroatoms. The zero-order valence-corrected chi connectivity index (χ0v) is 12.3. The highest BCUT2D eigenvalue weighted by molar-refractivity contribution is 5.80. The van der Waals surface area contributed by atoms with Gasteiger partial charge in [-0.15, -0.1) is 0 Å². The summed E-state index contributed by atoms with van der Waals surface area (Å²) in [5, 5.41) is 14.1. The van der Waals surface area contributed by atoms with Crippen molar-refractivity contribution in [2.75, 3.05) is 0 Å². The summed E-state index contributed by atoms with van der Waals surface area (Å²) in [6.45, 7) is 1.94. The second-order valence-corrected chi connectivity index (χ2v) is 5.28. The molecule has 22 heavy (non-hydrogen) atoms. The van der Waals surface area contributed by atoms with Crippen molar-refractivity contribution in [2.24, 2.45) is 5.16 Å². The van der Waals surface area contributed by atoms with Crippen molar-refractivity contribution in [3.63, 3.8) is 0 Å². The maximum absolute atomic E-state index is 8.49. The van der Waals surface area contributed by atoms with Crippen molar-refractivity contribution < 1.29 is 14.3 Å². The van der Waals surface area contributed by atoms with Crippen LogP contribution in [-0.2, 0) is 13.1 Å². The summed E-state index contributed by atoms with van der Waals surface area (Å²) in [7, 11) is 0. The molecule has 0 aliphatic rings. The van der Waals surface area contributed by atoms with Gasteiger partial charge in [-0.05, 0) is 11.5 Å². The normalized spacial score (nSPS) is 11.3. The van der Waals surface area contributed by atoms with Gasteiger partial charge in [0.25, 0.3) is 0 Å². The summed E-state index contributed by atoms with van der Waals surface area (Å²) in [5.41, 5.74) is 0.891. The van der Waals surface area contributed by atoms with E-state index in [9.17, 15) is 0 Å². The monoisotopic (exact) mass is 293 g/mol. The average molecular weight is 293 g/mol. The van der Waals surface area contributed by atoms with E-state index in [2.05, 4.69) is 57.0 Å². The first kappa shape index (κ1) is 14.2. The number of aromatic nitrogens is 2. The zero-order valence-electron chi connectivity index (χ0n) is 12.3. The van der Waals surface area contributed by atoms with Gasteiger partial charge in [0.05, 0.1) is 12.6 Å². The van der Waals surface area contributed by atoms with Crippen molar-refractivity contribution in [2.45, 2.75) is 19.5 Å². The van der Waals surface area contributed by atoms with Crippen LogP contribution < -0.4 is 9.13 Å². The van der Waals surface area contributed by atoms with Crippen LogP contribution in [0.4, 0.5) is 0 Å². The fourth-order valence-corrected chi connectivity index (χ4v) is 2.52. The molecule has 3 aromatic rings. The number of aryl methyl sites for hydroxylation is 2. The Kier molecular flexibility index (Phi) is 4.39. The van der Waals surface area contributed by atoms with Crippen LogP contribution in [0, 0.1) is 0 Å². The van der Waals surface area contributed by atoms with E-state index in [1.807, 2.05) is 24.5 Å². The Balaban J connectivity index is 1.59. The molecule has 0 amide bonds. The molecule has 110 valence electrons. The third kappa shape index (κ3) is 3.47. The van der Waals surface area contributed by atoms with Crippen molar-refractivity contribution >= 4 is 17.0 Å². The molecule has 0 aliphatic heterocycles. The average Bonchev–Trinajstić information content (AvgIpc) is 2.57. The third-order valence-electron chi connectivity index (χ3n) is 3.70. The van der Waals surface area contributed by atoms with Crippen LogP contribution in [-0.4, -0.2) is 11.4 Å². The molecule has 2 aromatic heterocycles. The smallest absolute Gasteiger partial charge is 0.176 e. The number of rotatable bonds is 5. The first-order valence-electron chi connectivity index (χ1n) is 7.39. The molecule has 4 nitrogen and oxygen atoms in total. The number of benzene rings is 1. The molecule has 0 saturated heterocycles. The number of fused-ring (bicyclic) bond motifs is 1. The van der Waals surface area contributed by atoms with Gasteiger partial charge in [-0.3, -0.25) is 0 Å². The van der Waals surface area contributed by atoms with Crippen LogP contribution in [0.3, 0.4) is 0 Å². The van der Waals surface area contributed by atoms with Crippen molar-refractivity contribution in [1.82, 2.24) is 0 Å². The van der Waals surface area contributed by atoms with Gasteiger partial charge in [0.15, 0.2) is 37.9 Å². The third-order valence-corrected chi connectivity index (χ3v) is 3.70. The second kappa shape index (κ2) is 6.80. The Hall–Kier alpha value is -2.75. The Morgan fingerprint density at radius 1 is 0.864 bits per heavy atom. The molecule has 2 heterocycles. The molecular formula is C18H19N3O+2. The standard InChI is InChI=1S/C18H18N3O/c22-19-14-16-6-11-20(12-7-16)9-3-10-21-13-8-17-4-1-2-5-18(17)15-21/h1-2,4-8,11-15H,3,9-10H2/q+1/p+1. The molecule has 0 unspecified atom stereocenters. The highest BCUT2D eigenvalue weighted by Crippen LogP contribution is 2.09. The van der Waals surface area contributed by atoms with E-state index >= 15 is 0 Å². The van der Waals surface area contributed by atoms with Gasteiger partial charge in [-0.1, -0.05) is 23.4 Å². The Morgan fingerprint density at radius 3 is 2.32 bits per heavy atom. The minimum atomic E-state index is 0.891. The summed E-state index contributed by atoms with van der Waals surface area (Å²) < 4.78 is 4.37. The van der Waals surface area contributed by atoms with Crippen LogP contribution in [0.15, 0.2) is 72.4 Å². The molecule has 0 bridgehead atoms. The molecule has 0 atom stereocenters. The number of hydrogen-bond donors (Lipinski definition) is 1. The predicted octanol–water partition coefficient (Wildman–Crippen LogP) is 2.31. The lowest BCUT2D eigenvalue weighted by Crippen LogP contribution is -2.38.